The molecule has 2 nitrogen and oxygen atoms in total. The van der Waals surface area contributed by atoms with Crippen LogP contribution in [0.5, 0.6) is 11.5 Å². The Balaban J connectivity index is 2.69. The molecule has 0 aromatic heterocycles. The normalized spacial score (nSPS) is 11.5. The van der Waals surface area contributed by atoms with Crippen molar-refractivity contribution >= 4 is 17.6 Å². The molecule has 0 aliphatic carbocycles. The summed E-state index contributed by atoms with van der Waals surface area (Å²) < 4.78 is 18.4. The van der Waals surface area contributed by atoms with Crippen LogP contribution in [0.1, 0.15) is 23.6 Å². The van der Waals surface area contributed by atoms with Gasteiger partial charge in [0.05, 0.1) is 15.6 Å². The third-order valence-electron chi connectivity index (χ3n) is 4.42. The van der Waals surface area contributed by atoms with Crippen LogP contribution in [0, 0.1) is 27.7 Å². The minimum absolute atomic E-state index is 0.0410. The first-order chi connectivity index (χ1) is 11.4. The van der Waals surface area contributed by atoms with Crippen LogP contribution in [0.25, 0.3) is 0 Å². The Morgan fingerprint density at radius 2 is 1.17 bits per heavy atom. The van der Waals surface area contributed by atoms with E-state index in [1.54, 1.807) is 14.2 Å². The highest BCUT2D eigenvalue weighted by Gasteiger charge is 2.24. The van der Waals surface area contributed by atoms with Crippen molar-refractivity contribution in [1.82, 2.24) is 0 Å². The molecule has 23 heavy (non-hydrogen) atoms. The Labute approximate surface area is 141 Å². The van der Waals surface area contributed by atoms with Crippen LogP contribution in [-0.2, 0) is 0 Å². The highest BCUT2D eigenvalue weighted by Crippen LogP contribution is 2.19. The van der Waals surface area contributed by atoms with Gasteiger partial charge in [0.1, 0.15) is 11.5 Å². The molecule has 0 saturated carbocycles. The number of hydrogen-bond acceptors (Lipinski definition) is 2. The fourth-order valence-electron chi connectivity index (χ4n) is 3.42. The Hall–Kier alpha value is -2.16. The summed E-state index contributed by atoms with van der Waals surface area (Å²) in [5.74, 6) is 3.68. The Morgan fingerprint density at radius 3 is 1.43 bits per heavy atom. The monoisotopic (exact) mass is 309 g/mol. The number of hydrogen-bond donors (Lipinski definition) is 0. The van der Waals surface area contributed by atoms with Gasteiger partial charge in [0.2, 0.25) is 6.71 Å². The molecule has 0 N–H and O–H groups in total. The van der Waals surface area contributed by atoms with Gasteiger partial charge in [0.15, 0.2) is 0 Å². The molecule has 0 aliphatic heterocycles. The van der Waals surface area contributed by atoms with E-state index in [0.29, 0.717) is 0 Å². The van der Waals surface area contributed by atoms with E-state index >= 15 is 0 Å². The number of rotatable bonds is 5. The second-order valence-corrected chi connectivity index (χ2v) is 6.02. The molecular formula is C20H25BO2. The molecule has 120 valence electrons. The Kier molecular flexibility index (Phi) is 4.75. The number of methoxy groups -OCH3 is 2. The van der Waals surface area contributed by atoms with Gasteiger partial charge in [-0.15, -0.1) is 12.5 Å². The summed E-state index contributed by atoms with van der Waals surface area (Å²) in [5, 5.41) is 0. The molecule has 0 fully saturated rings. The molecule has 0 radical (unpaired) electrons. The Bertz CT molecular complexity index is 663. The largest absolute Gasteiger partial charge is 0.497 e. The summed E-state index contributed by atoms with van der Waals surface area (Å²) >= 11 is 0. The van der Waals surface area contributed by atoms with Crippen molar-refractivity contribution in [2.75, 3.05) is 14.2 Å². The van der Waals surface area contributed by atoms with Crippen molar-refractivity contribution in [3.05, 3.63) is 59.0 Å². The first-order valence-corrected chi connectivity index (χ1v) is 7.78. The molecule has 2 aromatic carbocycles. The van der Waals surface area contributed by atoms with E-state index in [0.717, 1.165) is 11.5 Å². The first kappa shape index (κ1) is 15.7. The molecule has 0 spiro atoms. The lowest BCUT2D eigenvalue weighted by molar-refractivity contribution is 0.414. The van der Waals surface area contributed by atoms with Crippen LogP contribution in [0.3, 0.4) is 0 Å². The van der Waals surface area contributed by atoms with Crippen LogP contribution in [0.15, 0.2) is 36.8 Å². The van der Waals surface area contributed by atoms with Gasteiger partial charge < -0.3 is 9.47 Å². The Morgan fingerprint density at radius 1 is 0.826 bits per heavy atom. The lowest BCUT2D eigenvalue weighted by atomic mass is 9.38. The van der Waals surface area contributed by atoms with Crippen molar-refractivity contribution in [1.29, 1.82) is 0 Å². The van der Waals surface area contributed by atoms with E-state index in [2.05, 4.69) is 52.0 Å². The molecule has 2 rings (SSSR count). The molecule has 0 saturated heterocycles. The fourth-order valence-corrected chi connectivity index (χ4v) is 3.42. The van der Waals surface area contributed by atoms with E-state index < -0.39 is 0 Å². The smallest absolute Gasteiger partial charge is 0.234 e. The third kappa shape index (κ3) is 3.29. The van der Waals surface area contributed by atoms with Crippen molar-refractivity contribution in [2.45, 2.75) is 27.7 Å². The predicted octanol–water partition coefficient (Wildman–Crippen LogP) is 3.27. The summed E-state index contributed by atoms with van der Waals surface area (Å²) in [7, 11) is 3.37. The van der Waals surface area contributed by atoms with Gasteiger partial charge in [0.25, 0.3) is 0 Å². The second kappa shape index (κ2) is 6.95. The van der Waals surface area contributed by atoms with Crippen LogP contribution >= 0.6 is 0 Å². The zero-order chi connectivity index (χ0) is 17.9. The average molecular weight is 309 g/mol. The molecular weight excluding hydrogens is 283 g/mol. The van der Waals surface area contributed by atoms with Gasteiger partial charge in [0, 0.05) is 0 Å². The fraction of sp³-hybridized carbons (Fsp3) is 0.300. The maximum atomic E-state index is 7.64. The van der Waals surface area contributed by atoms with Crippen molar-refractivity contribution in [3.63, 3.8) is 0 Å². The topological polar surface area (TPSA) is 18.5 Å². The summed E-state index contributed by atoms with van der Waals surface area (Å²) in [6, 6.07) is 8.23. The van der Waals surface area contributed by atoms with Gasteiger partial charge in [-0.1, -0.05) is 33.2 Å². The summed E-state index contributed by atoms with van der Waals surface area (Å²) in [6.45, 7) is 9.83. The van der Waals surface area contributed by atoms with Gasteiger partial charge in [-0.05, 0) is 52.0 Å². The molecule has 0 heterocycles. The van der Waals surface area contributed by atoms with E-state index in [1.807, 2.05) is 5.98 Å². The van der Waals surface area contributed by atoms with E-state index in [9.17, 15) is 0 Å². The van der Waals surface area contributed by atoms with Gasteiger partial charge >= 0.3 is 0 Å². The maximum absolute atomic E-state index is 7.64. The highest BCUT2D eigenvalue weighted by molar-refractivity contribution is 6.90. The SMILES string of the molecule is [2H]C=CB(c1c(C)cc(OC)cc1C)c1c(C)cc(OC)cc1C. The highest BCUT2D eigenvalue weighted by atomic mass is 16.5. The van der Waals surface area contributed by atoms with Crippen molar-refractivity contribution in [3.8, 4) is 11.5 Å². The van der Waals surface area contributed by atoms with Gasteiger partial charge in [-0.3, -0.25) is 0 Å². The zero-order valence-corrected chi connectivity index (χ0v) is 14.9. The van der Waals surface area contributed by atoms with Crippen molar-refractivity contribution < 1.29 is 10.8 Å². The number of benzene rings is 2. The van der Waals surface area contributed by atoms with Crippen molar-refractivity contribution in [2.24, 2.45) is 0 Å². The van der Waals surface area contributed by atoms with Crippen LogP contribution in [-0.4, -0.2) is 20.9 Å². The van der Waals surface area contributed by atoms with Gasteiger partial charge in [-0.25, -0.2) is 0 Å². The number of aryl methyl sites for hydroxylation is 4. The second-order valence-electron chi connectivity index (χ2n) is 6.02. The lowest BCUT2D eigenvalue weighted by Gasteiger charge is -2.21. The summed E-state index contributed by atoms with van der Waals surface area (Å²) in [6.07, 6.45) is 0. The first-order valence-electron chi connectivity index (χ1n) is 8.36. The third-order valence-corrected chi connectivity index (χ3v) is 4.42. The quantitative estimate of drug-likeness (QED) is 0.789. The van der Waals surface area contributed by atoms with E-state index in [-0.39, 0.29) is 6.71 Å². The van der Waals surface area contributed by atoms with Crippen LogP contribution < -0.4 is 20.4 Å². The minimum Gasteiger partial charge on any atom is -0.497 e. The molecule has 0 amide bonds. The molecule has 0 bridgehead atoms. The average Bonchev–Trinajstić information content (AvgIpc) is 2.53. The van der Waals surface area contributed by atoms with E-state index in [4.69, 9.17) is 10.8 Å². The molecule has 0 aliphatic rings. The lowest BCUT2D eigenvalue weighted by Crippen LogP contribution is -2.46. The summed E-state index contributed by atoms with van der Waals surface area (Å²) in [4.78, 5) is 0. The minimum atomic E-state index is 0.0410. The molecule has 3 heteroatoms. The summed E-state index contributed by atoms with van der Waals surface area (Å²) in [5.41, 5.74) is 7.15. The predicted molar refractivity (Wildman–Crippen MR) is 100 cm³/mol. The zero-order valence-electron chi connectivity index (χ0n) is 15.9. The number of ether oxygens (including phenoxy) is 2. The standard InChI is InChI=1S/C20H25BO2/c1-8-21(19-13(2)9-17(22-6)10-14(19)3)20-15(4)11-18(23-7)12-16(20)5/h8-12H,1H2,2-7H3/i1D. The van der Waals surface area contributed by atoms with Crippen LogP contribution in [0.4, 0.5) is 0 Å². The van der Waals surface area contributed by atoms with Crippen LogP contribution in [0.2, 0.25) is 0 Å². The van der Waals surface area contributed by atoms with E-state index in [1.165, 1.54) is 39.7 Å². The maximum Gasteiger partial charge on any atom is 0.234 e. The van der Waals surface area contributed by atoms with Gasteiger partial charge in [-0.2, -0.15) is 0 Å². The molecule has 0 atom stereocenters. The molecule has 0 unspecified atom stereocenters. The molecule has 2 aromatic rings.